The molecule has 0 bridgehead atoms. The molecule has 1 amide bonds. The predicted molar refractivity (Wildman–Crippen MR) is 137 cm³/mol. The average molecular weight is 532 g/mol. The molecule has 1 aliphatic rings. The molecule has 10 heteroatoms. The van der Waals surface area contributed by atoms with Crippen molar-refractivity contribution in [2.45, 2.75) is 17.9 Å². The maximum absolute atomic E-state index is 14.0. The van der Waals surface area contributed by atoms with Gasteiger partial charge in [-0.3, -0.25) is 4.79 Å². The van der Waals surface area contributed by atoms with Gasteiger partial charge in [-0.2, -0.15) is 0 Å². The lowest BCUT2D eigenvalue weighted by Gasteiger charge is -2.36. The number of carbonyl (C=O) groups excluding carboxylic acids is 1. The molecule has 0 saturated carbocycles. The van der Waals surface area contributed by atoms with E-state index in [-0.39, 0.29) is 34.0 Å². The zero-order valence-corrected chi connectivity index (χ0v) is 21.3. The molecule has 4 rings (SSSR count). The van der Waals surface area contributed by atoms with Crippen molar-refractivity contribution in [2.75, 3.05) is 37.7 Å². The van der Waals surface area contributed by atoms with Crippen molar-refractivity contribution >= 4 is 33.2 Å². The first kappa shape index (κ1) is 25.9. The summed E-state index contributed by atoms with van der Waals surface area (Å²) in [6, 6.07) is 19.5. The Hall–Kier alpha value is -3.14. The second-order valence-electron chi connectivity index (χ2n) is 8.45. The molecule has 3 aromatic rings. The van der Waals surface area contributed by atoms with Gasteiger partial charge in [0.15, 0.2) is 6.61 Å². The molecule has 1 saturated heterocycles. The predicted octanol–water partition coefficient (Wildman–Crippen LogP) is 4.25. The van der Waals surface area contributed by atoms with Crippen molar-refractivity contribution in [1.29, 1.82) is 0 Å². The molecule has 0 unspecified atom stereocenters. The van der Waals surface area contributed by atoms with Crippen molar-refractivity contribution in [1.82, 2.24) is 9.62 Å². The van der Waals surface area contributed by atoms with E-state index in [0.29, 0.717) is 31.9 Å². The van der Waals surface area contributed by atoms with E-state index in [1.807, 2.05) is 35.2 Å². The maximum atomic E-state index is 14.0. The first-order valence-electron chi connectivity index (χ1n) is 11.5. The van der Waals surface area contributed by atoms with Crippen LogP contribution in [0.3, 0.4) is 0 Å². The molecule has 1 N–H and O–H groups in total. The van der Waals surface area contributed by atoms with E-state index < -0.39 is 16.1 Å². The number of ether oxygens (including phenoxy) is 1. The van der Waals surface area contributed by atoms with Crippen LogP contribution in [0.2, 0.25) is 5.02 Å². The third kappa shape index (κ3) is 6.16. The summed E-state index contributed by atoms with van der Waals surface area (Å²) in [5.41, 5.74) is 1.36. The number of hydrogen-bond acceptors (Lipinski definition) is 5. The third-order valence-electron chi connectivity index (χ3n) is 6.02. The minimum absolute atomic E-state index is 0.00164. The summed E-state index contributed by atoms with van der Waals surface area (Å²) >= 11 is 6.28. The Bertz CT molecular complexity index is 1320. The van der Waals surface area contributed by atoms with Gasteiger partial charge >= 0.3 is 0 Å². The largest absolute Gasteiger partial charge is 0.482 e. The van der Waals surface area contributed by atoms with E-state index in [1.165, 1.54) is 24.3 Å². The lowest BCUT2D eigenvalue weighted by molar-refractivity contribution is -0.133. The highest BCUT2D eigenvalue weighted by Crippen LogP contribution is 2.28. The smallest absolute Gasteiger partial charge is 0.260 e. The SMILES string of the molecule is C[C@@H](NS(=O)(=O)c1ccc(OCC(=O)N2CCN(c3ccccc3F)CC2)c(Cl)c1)c1ccccc1. The van der Waals surface area contributed by atoms with Gasteiger partial charge in [0, 0.05) is 32.2 Å². The molecule has 7 nitrogen and oxygen atoms in total. The fourth-order valence-corrected chi connectivity index (χ4v) is 5.57. The normalized spacial score (nSPS) is 15.0. The Balaban J connectivity index is 1.32. The van der Waals surface area contributed by atoms with Crippen LogP contribution in [-0.4, -0.2) is 52.0 Å². The van der Waals surface area contributed by atoms with Crippen LogP contribution in [-0.2, 0) is 14.8 Å². The number of benzene rings is 3. The minimum Gasteiger partial charge on any atom is -0.482 e. The van der Waals surface area contributed by atoms with Gasteiger partial charge in [0.25, 0.3) is 5.91 Å². The van der Waals surface area contributed by atoms with Crippen molar-refractivity contribution in [3.05, 3.63) is 89.2 Å². The molecule has 36 heavy (non-hydrogen) atoms. The Morgan fingerprint density at radius 1 is 1.03 bits per heavy atom. The molecule has 1 atom stereocenters. The summed E-state index contributed by atoms with van der Waals surface area (Å²) in [6.45, 7) is 3.41. The number of sulfonamides is 1. The van der Waals surface area contributed by atoms with E-state index in [9.17, 15) is 17.6 Å². The summed E-state index contributed by atoms with van der Waals surface area (Å²) in [4.78, 5) is 16.2. The number of para-hydroxylation sites is 1. The van der Waals surface area contributed by atoms with Crippen LogP contribution < -0.4 is 14.4 Å². The third-order valence-corrected chi connectivity index (χ3v) is 7.86. The van der Waals surface area contributed by atoms with E-state index in [4.69, 9.17) is 16.3 Å². The van der Waals surface area contributed by atoms with Crippen molar-refractivity contribution in [3.8, 4) is 5.75 Å². The Morgan fingerprint density at radius 2 is 1.69 bits per heavy atom. The quantitative estimate of drug-likeness (QED) is 0.470. The molecule has 1 fully saturated rings. The average Bonchev–Trinajstić information content (AvgIpc) is 2.88. The summed E-state index contributed by atoms with van der Waals surface area (Å²) in [5.74, 6) is -0.301. The van der Waals surface area contributed by atoms with Crippen molar-refractivity contribution < 1.29 is 22.3 Å². The number of amides is 1. The first-order chi connectivity index (χ1) is 17.2. The number of carbonyl (C=O) groups is 1. The summed E-state index contributed by atoms with van der Waals surface area (Å²) < 4.78 is 47.8. The molecular formula is C26H27ClFN3O4S. The lowest BCUT2D eigenvalue weighted by Crippen LogP contribution is -2.50. The van der Waals surface area contributed by atoms with Gasteiger partial charge in [0.1, 0.15) is 11.6 Å². The highest BCUT2D eigenvalue weighted by atomic mass is 35.5. The van der Waals surface area contributed by atoms with Crippen LogP contribution in [0.1, 0.15) is 18.5 Å². The molecule has 0 spiro atoms. The van der Waals surface area contributed by atoms with E-state index >= 15 is 0 Å². The van der Waals surface area contributed by atoms with Crippen LogP contribution in [0.5, 0.6) is 5.75 Å². The molecule has 0 aromatic heterocycles. The van der Waals surface area contributed by atoms with Crippen LogP contribution in [0, 0.1) is 5.82 Å². The Labute approximate surface area is 215 Å². The molecule has 190 valence electrons. The molecule has 1 aliphatic heterocycles. The zero-order chi connectivity index (χ0) is 25.7. The number of rotatable bonds is 8. The lowest BCUT2D eigenvalue weighted by atomic mass is 10.1. The molecule has 0 radical (unpaired) electrons. The molecule has 1 heterocycles. The number of anilines is 1. The Morgan fingerprint density at radius 3 is 2.36 bits per heavy atom. The van der Waals surface area contributed by atoms with Gasteiger partial charge in [0.05, 0.1) is 15.6 Å². The fraction of sp³-hybridized carbons (Fsp3) is 0.269. The summed E-state index contributed by atoms with van der Waals surface area (Å²) in [5, 5.41) is 0.0856. The molecular weight excluding hydrogens is 505 g/mol. The standard InChI is InChI=1S/C26H27ClFN3O4S/c1-19(20-7-3-2-4-8-20)29-36(33,34)21-11-12-25(22(27)17-21)35-18-26(32)31-15-13-30(14-16-31)24-10-6-5-9-23(24)28/h2-12,17,19,29H,13-16,18H2,1H3/t19-/m1/s1. The van der Waals surface area contributed by atoms with E-state index in [0.717, 1.165) is 5.56 Å². The van der Waals surface area contributed by atoms with Crippen LogP contribution in [0.25, 0.3) is 0 Å². The number of nitrogens with one attached hydrogen (secondary N) is 1. The van der Waals surface area contributed by atoms with Crippen LogP contribution in [0.4, 0.5) is 10.1 Å². The summed E-state index contributed by atoms with van der Waals surface area (Å²) in [7, 11) is -3.82. The van der Waals surface area contributed by atoms with Gasteiger partial charge < -0.3 is 14.5 Å². The van der Waals surface area contributed by atoms with Gasteiger partial charge in [-0.05, 0) is 42.8 Å². The fourth-order valence-electron chi connectivity index (χ4n) is 4.01. The molecule has 3 aromatic carbocycles. The number of halogens is 2. The van der Waals surface area contributed by atoms with Gasteiger partial charge in [-0.25, -0.2) is 17.5 Å². The van der Waals surface area contributed by atoms with Gasteiger partial charge in [0.2, 0.25) is 10.0 Å². The number of hydrogen-bond donors (Lipinski definition) is 1. The second-order valence-corrected chi connectivity index (χ2v) is 10.6. The Kier molecular flexibility index (Phi) is 8.13. The highest BCUT2D eigenvalue weighted by molar-refractivity contribution is 7.89. The van der Waals surface area contributed by atoms with Crippen molar-refractivity contribution in [2.24, 2.45) is 0 Å². The van der Waals surface area contributed by atoms with Gasteiger partial charge in [-0.1, -0.05) is 54.1 Å². The first-order valence-corrected chi connectivity index (χ1v) is 13.4. The number of nitrogens with zero attached hydrogens (tertiary/aromatic N) is 2. The minimum atomic E-state index is -3.82. The van der Waals surface area contributed by atoms with Crippen molar-refractivity contribution in [3.63, 3.8) is 0 Å². The topological polar surface area (TPSA) is 78.9 Å². The number of piperazine rings is 1. The van der Waals surface area contributed by atoms with E-state index in [1.54, 1.807) is 30.0 Å². The second kappa shape index (κ2) is 11.3. The maximum Gasteiger partial charge on any atom is 0.260 e. The monoisotopic (exact) mass is 531 g/mol. The zero-order valence-electron chi connectivity index (χ0n) is 19.7. The summed E-state index contributed by atoms with van der Waals surface area (Å²) in [6.07, 6.45) is 0. The highest BCUT2D eigenvalue weighted by Gasteiger charge is 2.24. The van der Waals surface area contributed by atoms with E-state index in [2.05, 4.69) is 4.72 Å². The van der Waals surface area contributed by atoms with Crippen LogP contribution >= 0.6 is 11.6 Å². The van der Waals surface area contributed by atoms with Gasteiger partial charge in [-0.15, -0.1) is 0 Å². The molecule has 0 aliphatic carbocycles. The van der Waals surface area contributed by atoms with Crippen LogP contribution in [0.15, 0.2) is 77.7 Å².